The number of rotatable bonds is 4. The summed E-state index contributed by atoms with van der Waals surface area (Å²) < 4.78 is 6.98. The van der Waals surface area contributed by atoms with E-state index in [9.17, 15) is 0 Å². The summed E-state index contributed by atoms with van der Waals surface area (Å²) in [5.74, 6) is 1.82. The van der Waals surface area contributed by atoms with E-state index in [0.717, 1.165) is 39.5 Å². The molecule has 0 fully saturated rings. The van der Waals surface area contributed by atoms with Crippen LogP contribution in [0.5, 0.6) is 11.5 Å². The summed E-state index contributed by atoms with van der Waals surface area (Å²) in [7, 11) is 0. The van der Waals surface area contributed by atoms with Crippen LogP contribution in [-0.2, 0) is 10.8 Å². The number of benzene rings is 10. The molecule has 62 heavy (non-hydrogen) atoms. The Morgan fingerprint density at radius 1 is 0.355 bits per heavy atom. The molecule has 1 heterocycles. The summed E-state index contributed by atoms with van der Waals surface area (Å²) in [5.41, 5.74) is 17.7. The minimum Gasteiger partial charge on any atom is -0.456 e. The molecule has 1 spiro atoms. The molecule has 2 nitrogen and oxygen atoms in total. The Hall–Kier alpha value is -7.68. The number of fused-ring (bicyclic) bond motifs is 15. The molecule has 0 aromatic heterocycles. The first-order valence-electron chi connectivity index (χ1n) is 21.7. The average Bonchev–Trinajstić information content (AvgIpc) is 3.74. The second kappa shape index (κ2) is 12.9. The van der Waals surface area contributed by atoms with Crippen molar-refractivity contribution in [2.45, 2.75) is 24.7 Å². The largest absolute Gasteiger partial charge is 0.456 e. The van der Waals surface area contributed by atoms with Gasteiger partial charge in [0.15, 0.2) is 0 Å². The standard InChI is InChI=1S/C60H41NO/c1-59(2)51-22-9-7-19-47(51)49-33-31-42(36-55(49)59)61(41-29-26-40(27-30-41)45-21-13-16-38-14-3-5-17-44(38)45)43-32-34-50-48-20-8-10-23-52(48)60(56(50)37-43)53-24-11-12-25-57(53)62-58-46-18-6-4-15-39(46)28-35-54(58)60/h3-37H,1-2H3. The van der Waals surface area contributed by atoms with Crippen LogP contribution in [0.4, 0.5) is 17.1 Å². The second-order valence-electron chi connectivity index (χ2n) is 17.6. The van der Waals surface area contributed by atoms with Crippen LogP contribution in [0.3, 0.4) is 0 Å². The Bertz CT molecular complexity index is 3480. The molecule has 10 aromatic rings. The van der Waals surface area contributed by atoms with Crippen molar-refractivity contribution in [1.29, 1.82) is 0 Å². The first-order chi connectivity index (χ1) is 30.5. The van der Waals surface area contributed by atoms with Gasteiger partial charge in [-0.15, -0.1) is 0 Å². The highest BCUT2D eigenvalue weighted by Gasteiger charge is 2.51. The maximum absolute atomic E-state index is 6.98. The molecule has 0 N–H and O–H groups in total. The van der Waals surface area contributed by atoms with Gasteiger partial charge in [-0.1, -0.05) is 184 Å². The molecule has 0 saturated heterocycles. The summed E-state index contributed by atoms with van der Waals surface area (Å²) in [6, 6.07) is 78.5. The van der Waals surface area contributed by atoms with Gasteiger partial charge in [0.25, 0.3) is 0 Å². The Morgan fingerprint density at radius 3 is 1.66 bits per heavy atom. The summed E-state index contributed by atoms with van der Waals surface area (Å²) in [6.45, 7) is 4.73. The maximum Gasteiger partial charge on any atom is 0.140 e. The summed E-state index contributed by atoms with van der Waals surface area (Å²) >= 11 is 0. The first-order valence-corrected chi connectivity index (χ1v) is 21.7. The lowest BCUT2D eigenvalue weighted by Gasteiger charge is -2.40. The van der Waals surface area contributed by atoms with Gasteiger partial charge in [-0.25, -0.2) is 0 Å². The highest BCUT2D eigenvalue weighted by molar-refractivity contribution is 5.99. The predicted molar refractivity (Wildman–Crippen MR) is 257 cm³/mol. The monoisotopic (exact) mass is 791 g/mol. The molecule has 1 unspecified atom stereocenters. The Morgan fingerprint density at radius 2 is 0.887 bits per heavy atom. The van der Waals surface area contributed by atoms with Crippen LogP contribution in [0, 0.1) is 0 Å². The SMILES string of the molecule is CC1(C)c2ccccc2-c2ccc(N(c3ccc(-c4cccc5ccccc45)cc3)c3ccc4c(c3)C3(c5ccccc5Oc5c3ccc3ccccc53)c3ccccc3-4)cc21. The zero-order chi connectivity index (χ0) is 41.2. The van der Waals surface area contributed by atoms with Gasteiger partial charge in [-0.3, -0.25) is 0 Å². The van der Waals surface area contributed by atoms with E-state index in [0.29, 0.717) is 0 Å². The van der Waals surface area contributed by atoms with E-state index in [-0.39, 0.29) is 5.41 Å². The fourth-order valence-electron chi connectivity index (χ4n) is 11.3. The Kier molecular flexibility index (Phi) is 7.31. The summed E-state index contributed by atoms with van der Waals surface area (Å²) in [4.78, 5) is 2.47. The molecule has 0 amide bonds. The third kappa shape index (κ3) is 4.75. The van der Waals surface area contributed by atoms with E-state index in [1.165, 1.54) is 77.4 Å². The number of hydrogen-bond donors (Lipinski definition) is 0. The van der Waals surface area contributed by atoms with Gasteiger partial charge in [0.1, 0.15) is 11.5 Å². The fourth-order valence-corrected chi connectivity index (χ4v) is 11.3. The van der Waals surface area contributed by atoms with Gasteiger partial charge < -0.3 is 9.64 Å². The summed E-state index contributed by atoms with van der Waals surface area (Å²) in [6.07, 6.45) is 0. The predicted octanol–water partition coefficient (Wildman–Crippen LogP) is 15.9. The van der Waals surface area contributed by atoms with Crippen molar-refractivity contribution in [2.24, 2.45) is 0 Å². The van der Waals surface area contributed by atoms with Crippen molar-refractivity contribution >= 4 is 38.6 Å². The first kappa shape index (κ1) is 35.1. The lowest BCUT2D eigenvalue weighted by atomic mass is 9.65. The lowest BCUT2D eigenvalue weighted by molar-refractivity contribution is 0.441. The lowest BCUT2D eigenvalue weighted by Crippen LogP contribution is -2.32. The van der Waals surface area contributed by atoms with Crippen molar-refractivity contribution < 1.29 is 4.74 Å². The van der Waals surface area contributed by atoms with Gasteiger partial charge in [0.05, 0.1) is 5.41 Å². The molecule has 0 saturated carbocycles. The molecular formula is C60H41NO. The number of anilines is 3. The molecule has 292 valence electrons. The van der Waals surface area contributed by atoms with Crippen molar-refractivity contribution in [2.75, 3.05) is 4.90 Å². The minimum atomic E-state index is -0.610. The molecular weight excluding hydrogens is 751 g/mol. The zero-order valence-electron chi connectivity index (χ0n) is 34.6. The van der Waals surface area contributed by atoms with Gasteiger partial charge in [0, 0.05) is 39.0 Å². The third-order valence-electron chi connectivity index (χ3n) is 14.1. The normalized spacial score (nSPS) is 15.9. The van der Waals surface area contributed by atoms with Crippen LogP contribution in [0.2, 0.25) is 0 Å². The van der Waals surface area contributed by atoms with Crippen LogP contribution in [0.25, 0.3) is 54.9 Å². The van der Waals surface area contributed by atoms with Crippen LogP contribution >= 0.6 is 0 Å². The van der Waals surface area contributed by atoms with Crippen LogP contribution < -0.4 is 9.64 Å². The number of nitrogens with zero attached hydrogens (tertiary/aromatic N) is 1. The highest BCUT2D eigenvalue weighted by Crippen LogP contribution is 2.63. The Balaban J connectivity index is 1.06. The quantitative estimate of drug-likeness (QED) is 0.176. The van der Waals surface area contributed by atoms with E-state index >= 15 is 0 Å². The van der Waals surface area contributed by atoms with Crippen molar-refractivity contribution in [3.63, 3.8) is 0 Å². The smallest absolute Gasteiger partial charge is 0.140 e. The molecule has 10 aromatic carbocycles. The van der Waals surface area contributed by atoms with E-state index < -0.39 is 5.41 Å². The van der Waals surface area contributed by atoms with E-state index in [1.807, 2.05) is 0 Å². The zero-order valence-corrected chi connectivity index (χ0v) is 34.6. The molecule has 0 radical (unpaired) electrons. The molecule has 1 aliphatic heterocycles. The molecule has 2 heteroatoms. The Labute approximate surface area is 362 Å². The maximum atomic E-state index is 6.98. The van der Waals surface area contributed by atoms with Crippen molar-refractivity contribution in [3.8, 4) is 44.9 Å². The van der Waals surface area contributed by atoms with Gasteiger partial charge in [-0.2, -0.15) is 0 Å². The van der Waals surface area contributed by atoms with Crippen molar-refractivity contribution in [3.05, 3.63) is 246 Å². The van der Waals surface area contributed by atoms with E-state index in [2.05, 4.69) is 231 Å². The number of ether oxygens (including phenoxy) is 1. The molecule has 0 bridgehead atoms. The fraction of sp³-hybridized carbons (Fsp3) is 0.0667. The minimum absolute atomic E-state index is 0.145. The van der Waals surface area contributed by atoms with Gasteiger partial charge >= 0.3 is 0 Å². The third-order valence-corrected chi connectivity index (χ3v) is 14.1. The average molecular weight is 792 g/mol. The number of hydrogen-bond acceptors (Lipinski definition) is 2. The van der Waals surface area contributed by atoms with E-state index in [4.69, 9.17) is 4.74 Å². The molecule has 3 aliphatic rings. The van der Waals surface area contributed by atoms with Gasteiger partial charge in [-0.05, 0) is 114 Å². The molecule has 1 atom stereocenters. The second-order valence-corrected chi connectivity index (χ2v) is 17.6. The van der Waals surface area contributed by atoms with Crippen LogP contribution in [0.1, 0.15) is 47.2 Å². The molecule has 13 rings (SSSR count). The van der Waals surface area contributed by atoms with Gasteiger partial charge in [0.2, 0.25) is 0 Å². The van der Waals surface area contributed by atoms with Crippen molar-refractivity contribution in [1.82, 2.24) is 0 Å². The van der Waals surface area contributed by atoms with Crippen LogP contribution in [-0.4, -0.2) is 0 Å². The van der Waals surface area contributed by atoms with Crippen LogP contribution in [0.15, 0.2) is 212 Å². The summed E-state index contributed by atoms with van der Waals surface area (Å²) in [5, 5.41) is 4.79. The highest BCUT2D eigenvalue weighted by atomic mass is 16.5. The number of para-hydroxylation sites is 1. The molecule has 2 aliphatic carbocycles. The van der Waals surface area contributed by atoms with E-state index in [1.54, 1.807) is 0 Å². The topological polar surface area (TPSA) is 12.5 Å².